The van der Waals surface area contributed by atoms with Crippen molar-refractivity contribution in [3.05, 3.63) is 71.5 Å². The van der Waals surface area contributed by atoms with Gasteiger partial charge in [0.2, 0.25) is 0 Å². The third kappa shape index (κ3) is 4.70. The van der Waals surface area contributed by atoms with E-state index in [1.165, 1.54) is 0 Å². The van der Waals surface area contributed by atoms with Gasteiger partial charge in [0.05, 0.1) is 5.92 Å². The Hall–Kier alpha value is -2.19. The second kappa shape index (κ2) is 9.54. The van der Waals surface area contributed by atoms with E-state index in [1.54, 1.807) is 6.20 Å². The van der Waals surface area contributed by atoms with Crippen molar-refractivity contribution in [2.75, 3.05) is 13.2 Å². The maximum Gasteiger partial charge on any atom is 0.491 e. The first-order valence-corrected chi connectivity index (χ1v) is 9.63. The molecule has 0 radical (unpaired) electrons. The van der Waals surface area contributed by atoms with Crippen molar-refractivity contribution in [2.24, 2.45) is 5.73 Å². The molecule has 1 aliphatic heterocycles. The van der Waals surface area contributed by atoms with Crippen LogP contribution in [0.3, 0.4) is 0 Å². The van der Waals surface area contributed by atoms with Crippen molar-refractivity contribution in [3.8, 4) is 0 Å². The number of benzene rings is 2. The summed E-state index contributed by atoms with van der Waals surface area (Å²) in [6.45, 7) is 0.758. The minimum Gasteiger partial charge on any atom is -0.423 e. The molecule has 3 aromatic rings. The van der Waals surface area contributed by atoms with Gasteiger partial charge in [0, 0.05) is 37.4 Å². The van der Waals surface area contributed by atoms with E-state index in [-0.39, 0.29) is 25.8 Å². The van der Waals surface area contributed by atoms with Gasteiger partial charge in [-0.25, -0.2) is 0 Å². The summed E-state index contributed by atoms with van der Waals surface area (Å²) in [6.07, 6.45) is 5.61. The van der Waals surface area contributed by atoms with Gasteiger partial charge < -0.3 is 15.4 Å². The van der Waals surface area contributed by atoms with Crippen molar-refractivity contribution >= 4 is 42.6 Å². The lowest BCUT2D eigenvalue weighted by Crippen LogP contribution is -2.36. The lowest BCUT2D eigenvalue weighted by atomic mass is 9.74. The van der Waals surface area contributed by atoms with Gasteiger partial charge in [0.1, 0.15) is 5.78 Å². The van der Waals surface area contributed by atoms with Crippen molar-refractivity contribution in [1.29, 1.82) is 0 Å². The summed E-state index contributed by atoms with van der Waals surface area (Å²) in [5.41, 5.74) is 9.58. The average Bonchev–Trinajstić information content (AvgIpc) is 2.90. The number of carbonyl (C=O) groups is 1. The number of nitrogens with two attached hydrogens (primary N) is 1. The lowest BCUT2D eigenvalue weighted by Gasteiger charge is -2.17. The van der Waals surface area contributed by atoms with E-state index < -0.39 is 13.0 Å². The highest BCUT2D eigenvalue weighted by atomic mass is 32.1. The van der Waals surface area contributed by atoms with Gasteiger partial charge in [-0.2, -0.15) is 13.5 Å². The van der Waals surface area contributed by atoms with E-state index in [1.807, 2.05) is 48.7 Å². The van der Waals surface area contributed by atoms with E-state index in [0.717, 1.165) is 45.8 Å². The molecule has 1 atom stereocenters. The molecule has 0 spiro atoms. The lowest BCUT2D eigenvalue weighted by molar-refractivity contribution is -0.119. The Morgan fingerprint density at radius 1 is 1.21 bits per heavy atom. The van der Waals surface area contributed by atoms with Gasteiger partial charge >= 0.3 is 7.12 Å². The van der Waals surface area contributed by atoms with Gasteiger partial charge in [-0.3, -0.25) is 9.78 Å². The van der Waals surface area contributed by atoms with Crippen molar-refractivity contribution in [2.45, 2.75) is 25.2 Å². The number of aromatic nitrogens is 1. The minimum atomic E-state index is -0.944. The third-order valence-electron chi connectivity index (χ3n) is 5.41. The number of fused-ring (bicyclic) bond motifs is 2. The molecule has 2 aromatic carbocycles. The van der Waals surface area contributed by atoms with Crippen molar-refractivity contribution in [3.63, 3.8) is 0 Å². The highest BCUT2D eigenvalue weighted by molar-refractivity contribution is 7.59. The van der Waals surface area contributed by atoms with Crippen LogP contribution >= 0.6 is 13.5 Å². The molecule has 0 amide bonds. The van der Waals surface area contributed by atoms with E-state index in [4.69, 9.17) is 10.4 Å². The minimum absolute atomic E-state index is 0. The molecule has 5 nitrogen and oxygen atoms in total. The van der Waals surface area contributed by atoms with Crippen molar-refractivity contribution in [1.82, 2.24) is 4.98 Å². The molecular weight excluding hydrogens is 383 g/mol. The molecule has 1 aromatic heterocycles. The maximum atomic E-state index is 13.0. The Morgan fingerprint density at radius 2 is 2.07 bits per heavy atom. The van der Waals surface area contributed by atoms with Crippen LogP contribution in [0, 0.1) is 0 Å². The Kier molecular flexibility index (Phi) is 7.08. The second-order valence-electron chi connectivity index (χ2n) is 7.27. The van der Waals surface area contributed by atoms with Crippen LogP contribution < -0.4 is 11.2 Å². The normalized spacial score (nSPS) is 14.6. The molecule has 3 N–H and O–H groups in total. The topological polar surface area (TPSA) is 85.4 Å². The molecule has 4 rings (SSSR count). The summed E-state index contributed by atoms with van der Waals surface area (Å²) >= 11 is 0. The van der Waals surface area contributed by atoms with Crippen LogP contribution in [0.15, 0.2) is 54.9 Å². The number of nitrogens with zero attached hydrogens (tertiary/aromatic N) is 1. The van der Waals surface area contributed by atoms with Gasteiger partial charge in [0.25, 0.3) is 0 Å². The molecule has 0 saturated carbocycles. The van der Waals surface area contributed by atoms with Gasteiger partial charge in [-0.05, 0) is 46.4 Å². The monoisotopic (exact) mass is 408 g/mol. The number of rotatable bonds is 5. The molecule has 1 aliphatic rings. The summed E-state index contributed by atoms with van der Waals surface area (Å²) in [5, 5.41) is 12.4. The predicted octanol–water partition coefficient (Wildman–Crippen LogP) is 1.85. The van der Waals surface area contributed by atoms with Crippen LogP contribution in [-0.4, -0.2) is 36.1 Å². The number of pyridine rings is 1. The largest absolute Gasteiger partial charge is 0.491 e. The second-order valence-corrected chi connectivity index (χ2v) is 7.27. The highest BCUT2D eigenvalue weighted by Gasteiger charge is 2.26. The van der Waals surface area contributed by atoms with E-state index >= 15 is 0 Å². The highest BCUT2D eigenvalue weighted by Crippen LogP contribution is 2.21. The number of carbonyl (C=O) groups excluding carboxylic acids is 1. The Morgan fingerprint density at radius 3 is 2.90 bits per heavy atom. The first-order valence-electron chi connectivity index (χ1n) is 9.63. The van der Waals surface area contributed by atoms with Crippen LogP contribution in [-0.2, 0) is 22.3 Å². The Labute approximate surface area is 177 Å². The predicted molar refractivity (Wildman–Crippen MR) is 121 cm³/mol. The van der Waals surface area contributed by atoms with Crippen LogP contribution in [0.1, 0.15) is 29.0 Å². The molecule has 150 valence electrons. The third-order valence-corrected chi connectivity index (χ3v) is 5.41. The number of hydrogen-bond donors (Lipinski definition) is 2. The summed E-state index contributed by atoms with van der Waals surface area (Å²) in [6, 6.07) is 13.7. The SMILES string of the molecule is NC[C@@H](C(=O)Cc1ccc2cnccc2c1)c1ccc2c(c1)B(O)OCCC2.S. The fourth-order valence-corrected chi connectivity index (χ4v) is 3.86. The molecule has 2 heterocycles. The van der Waals surface area contributed by atoms with Crippen LogP contribution in [0.5, 0.6) is 0 Å². The van der Waals surface area contributed by atoms with Gasteiger partial charge in [-0.1, -0.05) is 36.4 Å². The first-order chi connectivity index (χ1) is 13.7. The summed E-state index contributed by atoms with van der Waals surface area (Å²) in [5.74, 6) is -0.339. The van der Waals surface area contributed by atoms with Crippen LogP contribution in [0.4, 0.5) is 0 Å². The van der Waals surface area contributed by atoms with Gasteiger partial charge in [-0.15, -0.1) is 0 Å². The van der Waals surface area contributed by atoms with Crippen LogP contribution in [0.25, 0.3) is 10.8 Å². The molecular formula is C22H25BN2O3S. The molecule has 0 saturated heterocycles. The van der Waals surface area contributed by atoms with Crippen molar-refractivity contribution < 1.29 is 14.5 Å². The van der Waals surface area contributed by atoms with Gasteiger partial charge in [0.15, 0.2) is 0 Å². The molecule has 0 fully saturated rings. The zero-order valence-electron chi connectivity index (χ0n) is 16.2. The quantitative estimate of drug-likeness (QED) is 0.630. The molecule has 29 heavy (non-hydrogen) atoms. The van der Waals surface area contributed by atoms with Crippen LogP contribution in [0.2, 0.25) is 0 Å². The fraction of sp³-hybridized carbons (Fsp3) is 0.273. The summed E-state index contributed by atoms with van der Waals surface area (Å²) in [7, 11) is -0.944. The summed E-state index contributed by atoms with van der Waals surface area (Å²) < 4.78 is 5.43. The molecule has 0 bridgehead atoms. The number of hydrogen-bond acceptors (Lipinski definition) is 5. The molecule has 0 unspecified atom stereocenters. The number of Topliss-reactive ketones (excluding diaryl/α,β-unsaturated/α-hetero) is 1. The average molecular weight is 408 g/mol. The summed E-state index contributed by atoms with van der Waals surface area (Å²) in [4.78, 5) is 17.1. The first kappa shape index (κ1) is 21.5. The van der Waals surface area contributed by atoms with E-state index in [0.29, 0.717) is 13.0 Å². The Bertz CT molecular complexity index is 1010. The maximum absolute atomic E-state index is 13.0. The standard InChI is InChI=1S/C22H23BN2O3.H2S/c24-13-20(18-6-5-16-2-1-9-28-23(27)21(16)12-18)22(26)11-15-3-4-19-14-25-8-7-17(19)10-15;/h3-8,10,12,14,20,27H,1-2,9,11,13,24H2;1H2/t20-;/m1./s1. The fourth-order valence-electron chi connectivity index (χ4n) is 3.86. The number of ketones is 1. The zero-order valence-corrected chi connectivity index (χ0v) is 17.2. The smallest absolute Gasteiger partial charge is 0.423 e. The number of aryl methyl sites for hydroxylation is 1. The van der Waals surface area contributed by atoms with E-state index in [2.05, 4.69) is 4.98 Å². The zero-order chi connectivity index (χ0) is 19.5. The molecule has 7 heteroatoms. The Balaban J connectivity index is 0.00000240. The van der Waals surface area contributed by atoms with E-state index in [9.17, 15) is 9.82 Å². The molecule has 0 aliphatic carbocycles.